The highest BCUT2D eigenvalue weighted by Gasteiger charge is 2.05. The number of amides is 2. The van der Waals surface area contributed by atoms with Crippen LogP contribution >= 0.6 is 0 Å². The SMILES string of the molecule is CCCCCCCNC(=O)Nc1nc(C)nc(N)n1. The summed E-state index contributed by atoms with van der Waals surface area (Å²) in [5, 5.41) is 5.29. The van der Waals surface area contributed by atoms with Gasteiger partial charge in [0, 0.05) is 6.54 Å². The average molecular weight is 266 g/mol. The summed E-state index contributed by atoms with van der Waals surface area (Å²) in [4.78, 5) is 23.2. The predicted molar refractivity (Wildman–Crippen MR) is 74.8 cm³/mol. The molecule has 1 aromatic rings. The first-order valence-electron chi connectivity index (χ1n) is 6.65. The van der Waals surface area contributed by atoms with E-state index in [0.717, 1.165) is 12.8 Å². The quantitative estimate of drug-likeness (QED) is 0.653. The lowest BCUT2D eigenvalue weighted by molar-refractivity contribution is 0.251. The Labute approximate surface area is 113 Å². The maximum atomic E-state index is 11.6. The second kappa shape index (κ2) is 8.23. The molecule has 1 rings (SSSR count). The lowest BCUT2D eigenvalue weighted by Crippen LogP contribution is -2.30. The van der Waals surface area contributed by atoms with Crippen LogP contribution in [0.25, 0.3) is 0 Å². The first-order valence-corrected chi connectivity index (χ1v) is 6.65. The molecule has 7 heteroatoms. The number of carbonyl (C=O) groups excluding carboxylic acids is 1. The van der Waals surface area contributed by atoms with Gasteiger partial charge in [0.2, 0.25) is 11.9 Å². The van der Waals surface area contributed by atoms with E-state index < -0.39 is 0 Å². The number of nitrogens with two attached hydrogens (primary N) is 1. The third-order valence-corrected chi connectivity index (χ3v) is 2.56. The van der Waals surface area contributed by atoms with Crippen molar-refractivity contribution in [3.05, 3.63) is 5.82 Å². The summed E-state index contributed by atoms with van der Waals surface area (Å²) in [6.45, 7) is 4.51. The van der Waals surface area contributed by atoms with Gasteiger partial charge in [-0.25, -0.2) is 4.79 Å². The summed E-state index contributed by atoms with van der Waals surface area (Å²) >= 11 is 0. The van der Waals surface area contributed by atoms with Gasteiger partial charge >= 0.3 is 6.03 Å². The molecular formula is C12H22N6O. The molecule has 1 aromatic heterocycles. The molecule has 0 fully saturated rings. The highest BCUT2D eigenvalue weighted by atomic mass is 16.2. The summed E-state index contributed by atoms with van der Waals surface area (Å²) in [5.41, 5.74) is 5.47. The lowest BCUT2D eigenvalue weighted by atomic mass is 10.1. The number of hydrogen-bond donors (Lipinski definition) is 3. The van der Waals surface area contributed by atoms with Gasteiger partial charge in [-0.05, 0) is 13.3 Å². The van der Waals surface area contributed by atoms with Crippen molar-refractivity contribution in [1.29, 1.82) is 0 Å². The van der Waals surface area contributed by atoms with Crippen LogP contribution in [0.4, 0.5) is 16.7 Å². The molecule has 0 aliphatic heterocycles. The largest absolute Gasteiger partial charge is 0.368 e. The lowest BCUT2D eigenvalue weighted by Gasteiger charge is -2.07. The van der Waals surface area contributed by atoms with Gasteiger partial charge < -0.3 is 11.1 Å². The topological polar surface area (TPSA) is 106 Å². The van der Waals surface area contributed by atoms with Gasteiger partial charge in [-0.3, -0.25) is 5.32 Å². The molecular weight excluding hydrogens is 244 g/mol. The van der Waals surface area contributed by atoms with Gasteiger partial charge in [0.1, 0.15) is 5.82 Å². The van der Waals surface area contributed by atoms with Gasteiger partial charge in [-0.15, -0.1) is 0 Å². The monoisotopic (exact) mass is 266 g/mol. The Morgan fingerprint density at radius 3 is 2.58 bits per heavy atom. The van der Waals surface area contributed by atoms with Crippen LogP contribution in [0, 0.1) is 6.92 Å². The van der Waals surface area contributed by atoms with E-state index in [1.165, 1.54) is 19.3 Å². The first-order chi connectivity index (χ1) is 9.11. The van der Waals surface area contributed by atoms with Gasteiger partial charge in [0.25, 0.3) is 0 Å². The van der Waals surface area contributed by atoms with E-state index in [1.807, 2.05) is 0 Å². The molecule has 0 aliphatic carbocycles. The molecule has 0 saturated heterocycles. The van der Waals surface area contributed by atoms with Gasteiger partial charge in [0.15, 0.2) is 0 Å². The number of anilines is 2. The van der Waals surface area contributed by atoms with Crippen LogP contribution in [0.15, 0.2) is 0 Å². The molecule has 0 atom stereocenters. The number of aromatic nitrogens is 3. The van der Waals surface area contributed by atoms with E-state index in [-0.39, 0.29) is 17.9 Å². The third-order valence-electron chi connectivity index (χ3n) is 2.56. The number of rotatable bonds is 7. The van der Waals surface area contributed by atoms with Gasteiger partial charge in [0.05, 0.1) is 0 Å². The first kappa shape index (κ1) is 15.1. The number of nitrogens with zero attached hydrogens (tertiary/aromatic N) is 3. The molecule has 106 valence electrons. The van der Waals surface area contributed by atoms with Gasteiger partial charge in [-0.2, -0.15) is 15.0 Å². The van der Waals surface area contributed by atoms with Crippen LogP contribution in [0.1, 0.15) is 44.9 Å². The maximum Gasteiger partial charge on any atom is 0.321 e. The number of aryl methyl sites for hydroxylation is 1. The normalized spacial score (nSPS) is 10.2. The van der Waals surface area contributed by atoms with E-state index in [2.05, 4.69) is 32.5 Å². The summed E-state index contributed by atoms with van der Waals surface area (Å²) in [6.07, 6.45) is 5.78. The Morgan fingerprint density at radius 2 is 1.89 bits per heavy atom. The van der Waals surface area contributed by atoms with Crippen molar-refractivity contribution in [3.63, 3.8) is 0 Å². The Balaban J connectivity index is 2.23. The number of nitrogens with one attached hydrogen (secondary N) is 2. The molecule has 0 aliphatic rings. The van der Waals surface area contributed by atoms with Crippen molar-refractivity contribution < 1.29 is 4.79 Å². The fraction of sp³-hybridized carbons (Fsp3) is 0.667. The highest BCUT2D eigenvalue weighted by Crippen LogP contribution is 2.02. The van der Waals surface area contributed by atoms with E-state index in [9.17, 15) is 4.79 Å². The Morgan fingerprint density at radius 1 is 1.16 bits per heavy atom. The minimum Gasteiger partial charge on any atom is -0.368 e. The second-order valence-electron chi connectivity index (χ2n) is 4.36. The number of urea groups is 1. The average Bonchev–Trinajstić information content (AvgIpc) is 2.32. The van der Waals surface area contributed by atoms with E-state index in [4.69, 9.17) is 5.73 Å². The van der Waals surface area contributed by atoms with E-state index in [0.29, 0.717) is 12.4 Å². The highest BCUT2D eigenvalue weighted by molar-refractivity contribution is 5.87. The van der Waals surface area contributed by atoms with Crippen LogP contribution in [-0.4, -0.2) is 27.5 Å². The summed E-state index contributed by atoms with van der Waals surface area (Å²) < 4.78 is 0. The molecule has 0 aromatic carbocycles. The zero-order valence-electron chi connectivity index (χ0n) is 11.6. The standard InChI is InChI=1S/C12H22N6O/c1-3-4-5-6-7-8-14-12(19)18-11-16-9(2)15-10(13)17-11/h3-8H2,1-2H3,(H4,13,14,15,16,17,18,19). The molecule has 1 heterocycles. The molecule has 7 nitrogen and oxygen atoms in total. The number of hydrogen-bond acceptors (Lipinski definition) is 5. The number of nitrogen functional groups attached to an aromatic ring is 1. The second-order valence-corrected chi connectivity index (χ2v) is 4.36. The Hall–Kier alpha value is -1.92. The maximum absolute atomic E-state index is 11.6. The zero-order valence-corrected chi connectivity index (χ0v) is 11.6. The minimum absolute atomic E-state index is 0.0994. The Bertz CT molecular complexity index is 389. The molecule has 0 saturated carbocycles. The fourth-order valence-corrected chi connectivity index (χ4v) is 1.63. The molecule has 4 N–H and O–H groups in total. The molecule has 0 spiro atoms. The summed E-state index contributed by atoms with van der Waals surface area (Å²) in [5.74, 6) is 0.748. The zero-order chi connectivity index (χ0) is 14.1. The smallest absolute Gasteiger partial charge is 0.321 e. The van der Waals surface area contributed by atoms with Crippen LogP contribution in [0.2, 0.25) is 0 Å². The van der Waals surface area contributed by atoms with Crippen LogP contribution in [-0.2, 0) is 0 Å². The molecule has 0 radical (unpaired) electrons. The van der Waals surface area contributed by atoms with Crippen LogP contribution in [0.5, 0.6) is 0 Å². The molecule has 0 unspecified atom stereocenters. The van der Waals surface area contributed by atoms with Crippen LogP contribution < -0.4 is 16.4 Å². The fourth-order valence-electron chi connectivity index (χ4n) is 1.63. The van der Waals surface area contributed by atoms with Crippen molar-refractivity contribution in [2.45, 2.75) is 46.0 Å². The summed E-state index contributed by atoms with van der Waals surface area (Å²) in [6, 6.07) is -0.319. The predicted octanol–water partition coefficient (Wildman–Crippen LogP) is 1.85. The van der Waals surface area contributed by atoms with Crippen LogP contribution in [0.3, 0.4) is 0 Å². The Kier molecular flexibility index (Phi) is 6.56. The van der Waals surface area contributed by atoms with E-state index >= 15 is 0 Å². The number of carbonyl (C=O) groups is 1. The number of unbranched alkanes of at least 4 members (excludes halogenated alkanes) is 4. The minimum atomic E-state index is -0.319. The van der Waals surface area contributed by atoms with E-state index in [1.54, 1.807) is 6.92 Å². The van der Waals surface area contributed by atoms with Crippen molar-refractivity contribution in [2.75, 3.05) is 17.6 Å². The van der Waals surface area contributed by atoms with Crippen molar-refractivity contribution in [1.82, 2.24) is 20.3 Å². The summed E-state index contributed by atoms with van der Waals surface area (Å²) in [7, 11) is 0. The molecule has 2 amide bonds. The third kappa shape index (κ3) is 6.54. The van der Waals surface area contributed by atoms with Crippen molar-refractivity contribution in [3.8, 4) is 0 Å². The van der Waals surface area contributed by atoms with Gasteiger partial charge in [-0.1, -0.05) is 32.6 Å². The van der Waals surface area contributed by atoms with Crippen molar-refractivity contribution >= 4 is 17.9 Å². The molecule has 0 bridgehead atoms. The van der Waals surface area contributed by atoms with Crippen molar-refractivity contribution in [2.24, 2.45) is 0 Å². The molecule has 19 heavy (non-hydrogen) atoms.